The Kier molecular flexibility index (Phi) is 7.03. The van der Waals surface area contributed by atoms with Crippen molar-refractivity contribution in [3.05, 3.63) is 70.3 Å². The molecule has 0 radical (unpaired) electrons. The molecule has 28 heavy (non-hydrogen) atoms. The molecule has 0 heterocycles. The Bertz CT molecular complexity index is 840. The summed E-state index contributed by atoms with van der Waals surface area (Å²) in [6.45, 7) is 5.38. The van der Waals surface area contributed by atoms with Crippen LogP contribution in [0.4, 0.5) is 0 Å². The Hall–Kier alpha value is -3.68. The summed E-state index contributed by atoms with van der Waals surface area (Å²) < 4.78 is 0. The number of aromatic carboxylic acids is 4. The summed E-state index contributed by atoms with van der Waals surface area (Å²) in [4.78, 5) is 42.8. The van der Waals surface area contributed by atoms with Gasteiger partial charge in [0.25, 0.3) is 0 Å². The van der Waals surface area contributed by atoms with E-state index < -0.39 is 29.3 Å². The van der Waals surface area contributed by atoms with Gasteiger partial charge < -0.3 is 20.4 Å². The maximum absolute atomic E-state index is 11.1. The van der Waals surface area contributed by atoms with Crippen LogP contribution in [0, 0.1) is 0 Å². The zero-order valence-electron chi connectivity index (χ0n) is 15.5. The van der Waals surface area contributed by atoms with Gasteiger partial charge in [-0.25, -0.2) is 19.2 Å². The van der Waals surface area contributed by atoms with Crippen LogP contribution in [0.1, 0.15) is 67.8 Å². The Morgan fingerprint density at radius 3 is 1.14 bits per heavy atom. The van der Waals surface area contributed by atoms with Crippen molar-refractivity contribution < 1.29 is 39.6 Å². The maximum atomic E-state index is 11.1. The molecule has 0 unspecified atom stereocenters. The first-order chi connectivity index (χ1) is 12.9. The molecular weight excluding hydrogens is 368 g/mol. The molecule has 2 rings (SSSR count). The number of carbonyl (C=O) groups is 4. The Morgan fingerprint density at radius 1 is 0.607 bits per heavy atom. The lowest BCUT2D eigenvalue weighted by atomic mass is 9.80. The van der Waals surface area contributed by atoms with Gasteiger partial charge in [-0.2, -0.15) is 0 Å². The molecule has 2 aromatic carbocycles. The van der Waals surface area contributed by atoms with Gasteiger partial charge >= 0.3 is 23.9 Å². The Labute approximate surface area is 160 Å². The second-order valence-electron chi connectivity index (χ2n) is 6.78. The molecule has 8 heteroatoms. The van der Waals surface area contributed by atoms with Crippen molar-refractivity contribution in [1.82, 2.24) is 0 Å². The van der Waals surface area contributed by atoms with E-state index in [1.165, 1.54) is 42.5 Å². The van der Waals surface area contributed by atoms with Gasteiger partial charge in [0, 0.05) is 0 Å². The van der Waals surface area contributed by atoms with Gasteiger partial charge in [-0.15, -0.1) is 0 Å². The van der Waals surface area contributed by atoms with Gasteiger partial charge in [-0.3, -0.25) is 0 Å². The standard InChI is InChI=1S/C12H14O4.C8H6O4/c1-12(2,3)9-7(10(13)14)5-4-6-8(9)11(15)16;9-7(10)5-1-2-6(4-3-5)8(11)12/h4-6H,1-3H3,(H,13,14)(H,15,16);1-4H,(H,9,10)(H,11,12). The summed E-state index contributed by atoms with van der Waals surface area (Å²) in [6, 6.07) is 9.32. The van der Waals surface area contributed by atoms with Crippen molar-refractivity contribution in [2.45, 2.75) is 26.2 Å². The fraction of sp³-hybridized carbons (Fsp3) is 0.200. The van der Waals surface area contributed by atoms with Crippen LogP contribution in [0.5, 0.6) is 0 Å². The third-order valence-corrected chi connectivity index (χ3v) is 3.65. The molecule has 0 saturated heterocycles. The van der Waals surface area contributed by atoms with E-state index in [0.717, 1.165) is 0 Å². The summed E-state index contributed by atoms with van der Waals surface area (Å²) in [7, 11) is 0. The third kappa shape index (κ3) is 5.66. The fourth-order valence-electron chi connectivity index (χ4n) is 2.47. The minimum atomic E-state index is -1.10. The Balaban J connectivity index is 0.000000292. The van der Waals surface area contributed by atoms with Crippen LogP contribution in [0.2, 0.25) is 0 Å². The number of benzene rings is 2. The lowest BCUT2D eigenvalue weighted by Crippen LogP contribution is -2.21. The lowest BCUT2D eigenvalue weighted by Gasteiger charge is -2.23. The highest BCUT2D eigenvalue weighted by molar-refractivity contribution is 5.97. The van der Waals surface area contributed by atoms with Crippen LogP contribution in [0.3, 0.4) is 0 Å². The highest BCUT2D eigenvalue weighted by atomic mass is 16.4. The van der Waals surface area contributed by atoms with E-state index in [9.17, 15) is 19.2 Å². The molecule has 0 bridgehead atoms. The highest BCUT2D eigenvalue weighted by Crippen LogP contribution is 2.29. The quantitative estimate of drug-likeness (QED) is 0.622. The fourth-order valence-corrected chi connectivity index (χ4v) is 2.47. The number of rotatable bonds is 4. The van der Waals surface area contributed by atoms with Gasteiger partial charge in [-0.1, -0.05) is 26.8 Å². The average molecular weight is 388 g/mol. The topological polar surface area (TPSA) is 149 Å². The summed E-state index contributed by atoms with van der Waals surface area (Å²) in [5.41, 5.74) is 0.0951. The minimum absolute atomic E-state index is 0.0485. The molecule has 4 N–H and O–H groups in total. The zero-order chi connectivity index (χ0) is 21.6. The molecule has 0 fully saturated rings. The van der Waals surface area contributed by atoms with Crippen LogP contribution in [-0.2, 0) is 5.41 Å². The van der Waals surface area contributed by atoms with Crippen molar-refractivity contribution in [3.63, 3.8) is 0 Å². The summed E-state index contributed by atoms with van der Waals surface area (Å²) in [5.74, 6) is -4.33. The minimum Gasteiger partial charge on any atom is -0.478 e. The lowest BCUT2D eigenvalue weighted by molar-refractivity contribution is 0.0679. The molecular formula is C20H20O8. The molecule has 0 aliphatic rings. The number of hydrogen-bond donors (Lipinski definition) is 4. The average Bonchev–Trinajstić information content (AvgIpc) is 2.60. The number of carboxylic acids is 4. The second kappa shape index (κ2) is 8.81. The molecule has 0 atom stereocenters. The maximum Gasteiger partial charge on any atom is 0.336 e. The van der Waals surface area contributed by atoms with E-state index in [2.05, 4.69) is 0 Å². The van der Waals surface area contributed by atoms with Crippen molar-refractivity contribution in [2.75, 3.05) is 0 Å². The molecule has 8 nitrogen and oxygen atoms in total. The van der Waals surface area contributed by atoms with Gasteiger partial charge in [0.15, 0.2) is 0 Å². The molecule has 0 aromatic heterocycles. The summed E-state index contributed by atoms with van der Waals surface area (Å²) >= 11 is 0. The summed E-state index contributed by atoms with van der Waals surface area (Å²) in [5, 5.41) is 35.0. The van der Waals surface area contributed by atoms with Crippen molar-refractivity contribution >= 4 is 23.9 Å². The predicted molar refractivity (Wildman–Crippen MR) is 99.4 cm³/mol. The monoisotopic (exact) mass is 388 g/mol. The zero-order valence-corrected chi connectivity index (χ0v) is 15.5. The first-order valence-corrected chi connectivity index (χ1v) is 8.03. The first kappa shape index (κ1) is 22.4. The summed E-state index contributed by atoms with van der Waals surface area (Å²) in [6.07, 6.45) is 0. The van der Waals surface area contributed by atoms with Gasteiger partial charge in [0.05, 0.1) is 22.3 Å². The van der Waals surface area contributed by atoms with Crippen molar-refractivity contribution in [3.8, 4) is 0 Å². The molecule has 0 aliphatic carbocycles. The normalized spacial score (nSPS) is 10.4. The molecule has 2 aromatic rings. The third-order valence-electron chi connectivity index (χ3n) is 3.65. The van der Waals surface area contributed by atoms with E-state index in [0.29, 0.717) is 5.56 Å². The smallest absolute Gasteiger partial charge is 0.336 e. The van der Waals surface area contributed by atoms with Crippen LogP contribution in [-0.4, -0.2) is 44.3 Å². The molecule has 148 valence electrons. The van der Waals surface area contributed by atoms with E-state index >= 15 is 0 Å². The van der Waals surface area contributed by atoms with E-state index in [4.69, 9.17) is 20.4 Å². The SMILES string of the molecule is CC(C)(C)c1c(C(=O)O)cccc1C(=O)O.O=C(O)c1ccc(C(=O)O)cc1. The van der Waals surface area contributed by atoms with Gasteiger partial charge in [-0.05, 0) is 47.4 Å². The van der Waals surface area contributed by atoms with Crippen LogP contribution in [0.25, 0.3) is 0 Å². The predicted octanol–water partition coefficient (Wildman–Crippen LogP) is 3.46. The van der Waals surface area contributed by atoms with Gasteiger partial charge in [0.1, 0.15) is 0 Å². The molecule has 0 spiro atoms. The largest absolute Gasteiger partial charge is 0.478 e. The number of carboxylic acid groups (broad SMARTS) is 4. The van der Waals surface area contributed by atoms with Crippen molar-refractivity contribution in [1.29, 1.82) is 0 Å². The second-order valence-corrected chi connectivity index (χ2v) is 6.78. The molecule has 0 aliphatic heterocycles. The van der Waals surface area contributed by atoms with E-state index in [1.807, 2.05) is 0 Å². The van der Waals surface area contributed by atoms with Gasteiger partial charge in [0.2, 0.25) is 0 Å². The van der Waals surface area contributed by atoms with Crippen LogP contribution in [0.15, 0.2) is 42.5 Å². The first-order valence-electron chi connectivity index (χ1n) is 8.03. The van der Waals surface area contributed by atoms with E-state index in [1.54, 1.807) is 20.8 Å². The van der Waals surface area contributed by atoms with E-state index in [-0.39, 0.29) is 22.3 Å². The molecule has 0 amide bonds. The van der Waals surface area contributed by atoms with Crippen LogP contribution >= 0.6 is 0 Å². The van der Waals surface area contributed by atoms with Crippen molar-refractivity contribution in [2.24, 2.45) is 0 Å². The molecule has 0 saturated carbocycles. The highest BCUT2D eigenvalue weighted by Gasteiger charge is 2.27. The Morgan fingerprint density at radius 2 is 0.929 bits per heavy atom. The van der Waals surface area contributed by atoms with Crippen LogP contribution < -0.4 is 0 Å². The number of hydrogen-bond acceptors (Lipinski definition) is 4.